The molecule has 0 aromatic carbocycles. The van der Waals surface area contributed by atoms with E-state index in [0.29, 0.717) is 0 Å². The molecule has 0 aliphatic heterocycles. The van der Waals surface area contributed by atoms with Gasteiger partial charge in [0.15, 0.2) is 11.8 Å². The number of hydrogen-bond donors (Lipinski definition) is 0. The van der Waals surface area contributed by atoms with E-state index in [9.17, 15) is 8.78 Å². The predicted molar refractivity (Wildman–Crippen MR) is 38.5 cm³/mol. The zero-order valence-electron chi connectivity index (χ0n) is 5.88. The highest BCUT2D eigenvalue weighted by atomic mass is 35.5. The van der Waals surface area contributed by atoms with Gasteiger partial charge in [-0.3, -0.25) is 0 Å². The van der Waals surface area contributed by atoms with Crippen molar-refractivity contribution in [2.75, 3.05) is 6.61 Å². The van der Waals surface area contributed by atoms with E-state index in [1.807, 2.05) is 0 Å². The van der Waals surface area contributed by atoms with Gasteiger partial charge in [-0.25, -0.2) is 8.78 Å². The molecule has 6 heteroatoms. The molecule has 1 aromatic rings. The second-order valence-corrected chi connectivity index (χ2v) is 2.28. The number of nitrogens with zero attached hydrogens (tertiary/aromatic N) is 2. The average Bonchev–Trinajstić information content (AvgIpc) is 2.03. The summed E-state index contributed by atoms with van der Waals surface area (Å²) >= 11 is 5.40. The molecule has 0 fully saturated rings. The summed E-state index contributed by atoms with van der Waals surface area (Å²) in [5, 5.41) is 7.01. The van der Waals surface area contributed by atoms with E-state index in [-0.39, 0.29) is 11.0 Å². The van der Waals surface area contributed by atoms with E-state index in [2.05, 4.69) is 14.9 Å². The average molecular weight is 195 g/mol. The topological polar surface area (TPSA) is 35.0 Å². The molecule has 0 bridgehead atoms. The van der Waals surface area contributed by atoms with Crippen molar-refractivity contribution in [3.8, 4) is 5.88 Å². The van der Waals surface area contributed by atoms with Gasteiger partial charge in [0, 0.05) is 6.07 Å². The molecule has 0 aliphatic carbocycles. The maximum absolute atomic E-state index is 11.6. The summed E-state index contributed by atoms with van der Waals surface area (Å²) in [5.74, 6) is 0.0414. The van der Waals surface area contributed by atoms with Gasteiger partial charge in [0.2, 0.25) is 5.88 Å². The fraction of sp³-hybridized carbons (Fsp3) is 0.333. The van der Waals surface area contributed by atoms with E-state index < -0.39 is 13.0 Å². The molecule has 0 spiro atoms. The van der Waals surface area contributed by atoms with Crippen LogP contribution >= 0.6 is 11.6 Å². The third kappa shape index (κ3) is 2.96. The Bertz CT molecular complexity index is 242. The normalized spacial score (nSPS) is 10.3. The lowest BCUT2D eigenvalue weighted by Crippen LogP contribution is -2.08. The lowest BCUT2D eigenvalue weighted by atomic mass is 10.6. The second-order valence-electron chi connectivity index (χ2n) is 1.90. The fourth-order valence-corrected chi connectivity index (χ4v) is 0.630. The number of aromatic nitrogens is 2. The molecule has 66 valence electrons. The Hall–Kier alpha value is -0.970. The Morgan fingerprint density at radius 3 is 2.67 bits per heavy atom. The summed E-state index contributed by atoms with van der Waals surface area (Å²) < 4.78 is 27.7. The minimum atomic E-state index is -2.51. The van der Waals surface area contributed by atoms with E-state index in [1.54, 1.807) is 0 Å². The van der Waals surface area contributed by atoms with Crippen LogP contribution in [0.2, 0.25) is 5.15 Å². The monoisotopic (exact) mass is 194 g/mol. The molecule has 0 saturated heterocycles. The summed E-state index contributed by atoms with van der Waals surface area (Å²) in [6, 6.07) is 2.78. The molecule has 0 unspecified atom stereocenters. The van der Waals surface area contributed by atoms with Crippen LogP contribution in [0.4, 0.5) is 8.78 Å². The van der Waals surface area contributed by atoms with Gasteiger partial charge in [-0.15, -0.1) is 10.2 Å². The van der Waals surface area contributed by atoms with Crippen molar-refractivity contribution in [2.45, 2.75) is 6.43 Å². The van der Waals surface area contributed by atoms with Crippen LogP contribution in [-0.2, 0) is 0 Å². The van der Waals surface area contributed by atoms with Crippen molar-refractivity contribution in [2.24, 2.45) is 0 Å². The van der Waals surface area contributed by atoms with Crippen LogP contribution < -0.4 is 4.74 Å². The van der Waals surface area contributed by atoms with Gasteiger partial charge in [-0.05, 0) is 6.07 Å². The first-order valence-electron chi connectivity index (χ1n) is 3.08. The van der Waals surface area contributed by atoms with Gasteiger partial charge in [0.1, 0.15) is 0 Å². The molecule has 0 amide bonds. The zero-order chi connectivity index (χ0) is 8.97. The summed E-state index contributed by atoms with van der Waals surface area (Å²) in [5.41, 5.74) is 0. The summed E-state index contributed by atoms with van der Waals surface area (Å²) in [7, 11) is 0. The third-order valence-electron chi connectivity index (χ3n) is 0.965. The molecule has 0 radical (unpaired) electrons. The fourth-order valence-electron chi connectivity index (χ4n) is 0.529. The first-order chi connectivity index (χ1) is 5.68. The first-order valence-corrected chi connectivity index (χ1v) is 3.46. The Labute approximate surface area is 72.3 Å². The van der Waals surface area contributed by atoms with E-state index in [4.69, 9.17) is 11.6 Å². The third-order valence-corrected chi connectivity index (χ3v) is 1.17. The molecule has 0 atom stereocenters. The number of hydrogen-bond acceptors (Lipinski definition) is 3. The van der Waals surface area contributed by atoms with Crippen LogP contribution in [0.15, 0.2) is 12.1 Å². The first kappa shape index (κ1) is 9.12. The van der Waals surface area contributed by atoms with Crippen molar-refractivity contribution in [1.29, 1.82) is 0 Å². The number of rotatable bonds is 3. The maximum atomic E-state index is 11.6. The highest BCUT2D eigenvalue weighted by molar-refractivity contribution is 6.29. The van der Waals surface area contributed by atoms with Crippen molar-refractivity contribution in [1.82, 2.24) is 10.2 Å². The lowest BCUT2D eigenvalue weighted by Gasteiger charge is -2.01. The molecule has 1 rings (SSSR count). The number of ether oxygens (including phenoxy) is 1. The molecule has 0 saturated carbocycles. The highest BCUT2D eigenvalue weighted by Gasteiger charge is 2.03. The molecule has 0 aliphatic rings. The van der Waals surface area contributed by atoms with Crippen molar-refractivity contribution < 1.29 is 13.5 Å². The Kier molecular flexibility index (Phi) is 3.16. The maximum Gasteiger partial charge on any atom is 0.272 e. The smallest absolute Gasteiger partial charge is 0.272 e. The van der Waals surface area contributed by atoms with Crippen LogP contribution in [-0.4, -0.2) is 23.2 Å². The van der Waals surface area contributed by atoms with Gasteiger partial charge >= 0.3 is 0 Å². The summed E-state index contributed by atoms with van der Waals surface area (Å²) in [4.78, 5) is 0. The van der Waals surface area contributed by atoms with Gasteiger partial charge in [0.25, 0.3) is 6.43 Å². The zero-order valence-corrected chi connectivity index (χ0v) is 6.63. The Morgan fingerprint density at radius 2 is 2.17 bits per heavy atom. The summed E-state index contributed by atoms with van der Waals surface area (Å²) in [6.07, 6.45) is -2.51. The molecule has 1 aromatic heterocycles. The van der Waals surface area contributed by atoms with Crippen LogP contribution in [0.1, 0.15) is 0 Å². The van der Waals surface area contributed by atoms with Crippen LogP contribution in [0.25, 0.3) is 0 Å². The Morgan fingerprint density at radius 1 is 1.42 bits per heavy atom. The molecule has 0 N–H and O–H groups in total. The van der Waals surface area contributed by atoms with Gasteiger partial charge in [-0.1, -0.05) is 11.6 Å². The van der Waals surface area contributed by atoms with E-state index in [1.165, 1.54) is 12.1 Å². The van der Waals surface area contributed by atoms with Crippen molar-refractivity contribution >= 4 is 11.6 Å². The van der Waals surface area contributed by atoms with Crippen LogP contribution in [0.5, 0.6) is 5.88 Å². The molecular weight excluding hydrogens is 190 g/mol. The lowest BCUT2D eigenvalue weighted by molar-refractivity contribution is 0.0791. The number of halogens is 3. The molecule has 12 heavy (non-hydrogen) atoms. The van der Waals surface area contributed by atoms with Gasteiger partial charge in [-0.2, -0.15) is 0 Å². The van der Waals surface area contributed by atoms with Gasteiger partial charge < -0.3 is 4.74 Å². The van der Waals surface area contributed by atoms with Gasteiger partial charge in [0.05, 0.1) is 0 Å². The second kappa shape index (κ2) is 4.15. The van der Waals surface area contributed by atoms with E-state index >= 15 is 0 Å². The minimum Gasteiger partial charge on any atom is -0.471 e. The quantitative estimate of drug-likeness (QED) is 0.736. The Balaban J connectivity index is 2.48. The van der Waals surface area contributed by atoms with Crippen molar-refractivity contribution in [3.05, 3.63) is 17.3 Å². The van der Waals surface area contributed by atoms with Crippen LogP contribution in [0.3, 0.4) is 0 Å². The SMILES string of the molecule is FC(F)COc1ccc(Cl)nn1. The highest BCUT2D eigenvalue weighted by Crippen LogP contribution is 2.08. The largest absolute Gasteiger partial charge is 0.471 e. The van der Waals surface area contributed by atoms with Crippen LogP contribution in [0, 0.1) is 0 Å². The standard InChI is InChI=1S/C6H5ClF2N2O/c7-4-1-2-6(11-10-4)12-3-5(8)9/h1-2,5H,3H2. The predicted octanol–water partition coefficient (Wildman–Crippen LogP) is 1.77. The summed E-state index contributed by atoms with van der Waals surface area (Å²) in [6.45, 7) is -0.684. The molecular formula is C6H5ClF2N2O. The minimum absolute atomic E-state index is 0.0414. The number of alkyl halides is 2. The molecule has 3 nitrogen and oxygen atoms in total. The molecule has 1 heterocycles. The van der Waals surface area contributed by atoms with Crippen molar-refractivity contribution in [3.63, 3.8) is 0 Å². The van der Waals surface area contributed by atoms with E-state index in [0.717, 1.165) is 0 Å².